The van der Waals surface area contributed by atoms with E-state index in [2.05, 4.69) is 10.5 Å². The molecule has 0 aliphatic carbocycles. The van der Waals surface area contributed by atoms with Crippen molar-refractivity contribution in [3.8, 4) is 0 Å². The lowest BCUT2D eigenvalue weighted by molar-refractivity contribution is -0.939. The van der Waals surface area contributed by atoms with Gasteiger partial charge in [0.25, 0.3) is 5.91 Å². The van der Waals surface area contributed by atoms with Crippen LogP contribution in [0, 0.1) is 12.8 Å². The molecule has 34 heavy (non-hydrogen) atoms. The normalized spacial score (nSPS) is 25.5. The summed E-state index contributed by atoms with van der Waals surface area (Å²) in [6.45, 7) is 4.23. The van der Waals surface area contributed by atoms with Gasteiger partial charge in [-0.1, -0.05) is 35.5 Å². The Balaban J connectivity index is 1.32. The van der Waals surface area contributed by atoms with E-state index in [1.807, 2.05) is 6.07 Å². The van der Waals surface area contributed by atoms with Crippen LogP contribution in [0.3, 0.4) is 0 Å². The van der Waals surface area contributed by atoms with Crippen molar-refractivity contribution in [3.05, 3.63) is 71.9 Å². The van der Waals surface area contributed by atoms with Gasteiger partial charge in [-0.2, -0.15) is 0 Å². The van der Waals surface area contributed by atoms with Crippen LogP contribution in [-0.4, -0.2) is 58.9 Å². The van der Waals surface area contributed by atoms with Crippen molar-refractivity contribution in [1.82, 2.24) is 5.16 Å². The van der Waals surface area contributed by atoms with Crippen LogP contribution in [0.4, 0.5) is 5.82 Å². The van der Waals surface area contributed by atoms with Crippen molar-refractivity contribution in [2.24, 2.45) is 5.92 Å². The van der Waals surface area contributed by atoms with Gasteiger partial charge in [0, 0.05) is 30.4 Å². The van der Waals surface area contributed by atoms with Crippen molar-refractivity contribution in [2.75, 3.05) is 31.5 Å². The van der Waals surface area contributed by atoms with Crippen LogP contribution in [0.1, 0.15) is 29.7 Å². The Kier molecular flexibility index (Phi) is 5.75. The fourth-order valence-electron chi connectivity index (χ4n) is 5.26. The second-order valence-corrected chi connectivity index (χ2v) is 9.37. The van der Waals surface area contributed by atoms with Crippen LogP contribution in [0.5, 0.6) is 0 Å². The van der Waals surface area contributed by atoms with Gasteiger partial charge in [-0.15, -0.1) is 0 Å². The number of hydrogen-bond acceptors (Lipinski definition) is 7. The number of piperidine rings is 3. The molecule has 1 amide bonds. The molecule has 0 radical (unpaired) electrons. The number of furan rings is 1. The van der Waals surface area contributed by atoms with E-state index in [1.165, 1.54) is 12.5 Å². The van der Waals surface area contributed by atoms with E-state index in [4.69, 9.17) is 13.7 Å². The van der Waals surface area contributed by atoms with Gasteiger partial charge in [0.2, 0.25) is 5.60 Å². The van der Waals surface area contributed by atoms with Gasteiger partial charge < -0.3 is 28.6 Å². The molecular weight excluding hydrogens is 438 g/mol. The molecule has 3 saturated heterocycles. The van der Waals surface area contributed by atoms with E-state index >= 15 is 0 Å². The molecule has 2 atom stereocenters. The summed E-state index contributed by atoms with van der Waals surface area (Å²) in [6.07, 6.45) is 4.08. The molecule has 3 aromatic rings. The van der Waals surface area contributed by atoms with E-state index in [9.17, 15) is 14.7 Å². The Hall–Kier alpha value is -3.43. The number of hydrogen-bond donors (Lipinski definition) is 2. The van der Waals surface area contributed by atoms with Crippen LogP contribution in [0.25, 0.3) is 0 Å². The van der Waals surface area contributed by atoms with Gasteiger partial charge in [-0.05, 0) is 18.6 Å². The highest BCUT2D eigenvalue weighted by Gasteiger charge is 2.51. The van der Waals surface area contributed by atoms with Crippen LogP contribution in [0.2, 0.25) is 0 Å². The van der Waals surface area contributed by atoms with Gasteiger partial charge in [-0.25, -0.2) is 4.79 Å². The monoisotopic (exact) mass is 466 g/mol. The predicted molar refractivity (Wildman–Crippen MR) is 120 cm³/mol. The number of ether oxygens (including phenoxy) is 1. The summed E-state index contributed by atoms with van der Waals surface area (Å²) in [5.41, 5.74) is -1.25. The third-order valence-electron chi connectivity index (χ3n) is 7.10. The molecule has 2 N–H and O–H groups in total. The molecule has 9 heteroatoms. The van der Waals surface area contributed by atoms with Gasteiger partial charge in [-0.3, -0.25) is 4.79 Å². The smallest absolute Gasteiger partial charge is 0.348 e. The SMILES string of the molecule is Cc1cc(NC(=O)C[N+]23CCC(CC2)[C@@H](OC(=O)C(O)(c2ccccc2)c2ccoc2)C3)no1. The average molecular weight is 467 g/mol. The van der Waals surface area contributed by atoms with Gasteiger partial charge in [0.15, 0.2) is 18.5 Å². The van der Waals surface area contributed by atoms with Crippen molar-refractivity contribution >= 4 is 17.7 Å². The highest BCUT2D eigenvalue weighted by molar-refractivity contribution is 5.90. The average Bonchev–Trinajstić information content (AvgIpc) is 3.52. The van der Waals surface area contributed by atoms with Crippen molar-refractivity contribution in [2.45, 2.75) is 31.5 Å². The quantitative estimate of drug-likeness (QED) is 0.406. The number of aliphatic hydroxyl groups is 1. The maximum atomic E-state index is 13.5. The Labute approximate surface area is 196 Å². The molecule has 1 unspecified atom stereocenters. The molecule has 9 nitrogen and oxygen atoms in total. The maximum Gasteiger partial charge on any atom is 0.348 e. The highest BCUT2D eigenvalue weighted by atomic mass is 16.6. The number of aromatic nitrogens is 1. The Morgan fingerprint density at radius 1 is 1.21 bits per heavy atom. The number of amides is 1. The van der Waals surface area contributed by atoms with Gasteiger partial charge in [0.05, 0.1) is 25.6 Å². The molecule has 3 aliphatic heterocycles. The first-order valence-corrected chi connectivity index (χ1v) is 11.5. The lowest BCUT2D eigenvalue weighted by Gasteiger charge is -2.51. The second-order valence-electron chi connectivity index (χ2n) is 9.37. The summed E-state index contributed by atoms with van der Waals surface area (Å²) in [7, 11) is 0. The highest BCUT2D eigenvalue weighted by Crippen LogP contribution is 2.38. The molecule has 2 aromatic heterocycles. The van der Waals surface area contributed by atoms with E-state index in [-0.39, 0.29) is 24.5 Å². The fraction of sp³-hybridized carbons (Fsp3) is 0.400. The number of nitrogens with one attached hydrogen (secondary N) is 1. The summed E-state index contributed by atoms with van der Waals surface area (Å²) in [4.78, 5) is 26.2. The van der Waals surface area contributed by atoms with E-state index < -0.39 is 11.6 Å². The third kappa shape index (κ3) is 4.12. The molecular formula is C25H28N3O6+. The predicted octanol–water partition coefficient (Wildman–Crippen LogP) is 2.60. The molecule has 6 rings (SSSR count). The lowest BCUT2D eigenvalue weighted by atomic mass is 9.82. The number of rotatable bonds is 7. The third-order valence-corrected chi connectivity index (χ3v) is 7.10. The minimum Gasteiger partial charge on any atom is -0.472 e. The number of nitrogens with zero attached hydrogens (tertiary/aromatic N) is 2. The van der Waals surface area contributed by atoms with Crippen molar-refractivity contribution < 1.29 is 32.9 Å². The van der Waals surface area contributed by atoms with E-state index in [0.717, 1.165) is 25.9 Å². The van der Waals surface area contributed by atoms with E-state index in [1.54, 1.807) is 43.3 Å². The Morgan fingerprint density at radius 3 is 2.62 bits per heavy atom. The molecule has 3 fully saturated rings. The number of anilines is 1. The summed E-state index contributed by atoms with van der Waals surface area (Å²) >= 11 is 0. The first-order chi connectivity index (χ1) is 16.4. The number of esters is 1. The maximum absolute atomic E-state index is 13.5. The molecule has 1 aromatic carbocycles. The minimum atomic E-state index is -1.98. The van der Waals surface area contributed by atoms with Crippen LogP contribution in [-0.2, 0) is 19.9 Å². The number of quaternary nitrogens is 1. The van der Waals surface area contributed by atoms with Crippen LogP contribution >= 0.6 is 0 Å². The standard InChI is InChI=1S/C25H27N3O6/c1-17-13-22(27-34-17)26-23(29)15-28-10-7-18(8-11-28)21(14-28)33-24(30)25(31,20-9-12-32-16-20)19-5-3-2-4-6-19/h2-6,9,12-13,16,18,21,31H,7-8,10-11,14-15H2,1H3/p+1/t18?,21-,25?,28?/m0/s1. The molecule has 0 spiro atoms. The Morgan fingerprint density at radius 2 is 1.97 bits per heavy atom. The zero-order chi connectivity index (χ0) is 23.8. The first kappa shape index (κ1) is 22.4. The summed E-state index contributed by atoms with van der Waals surface area (Å²) < 4.78 is 16.7. The zero-order valence-corrected chi connectivity index (χ0v) is 19.0. The number of carbonyl (C=O) groups is 2. The second kappa shape index (κ2) is 8.73. The number of benzene rings is 1. The topological polar surface area (TPSA) is 115 Å². The summed E-state index contributed by atoms with van der Waals surface area (Å²) in [5, 5.41) is 18.2. The zero-order valence-electron chi connectivity index (χ0n) is 19.0. The number of aryl methyl sites for hydroxylation is 1. The molecule has 178 valence electrons. The van der Waals surface area contributed by atoms with Crippen LogP contribution in [0.15, 0.2) is 63.9 Å². The van der Waals surface area contributed by atoms with Gasteiger partial charge in [0.1, 0.15) is 12.3 Å². The minimum absolute atomic E-state index is 0.155. The van der Waals surface area contributed by atoms with Crippen molar-refractivity contribution in [1.29, 1.82) is 0 Å². The summed E-state index contributed by atoms with van der Waals surface area (Å²) in [6, 6.07) is 12.0. The molecule has 0 saturated carbocycles. The number of carbonyl (C=O) groups excluding carboxylic acids is 2. The first-order valence-electron chi connectivity index (χ1n) is 11.5. The number of fused-ring (bicyclic) bond motifs is 3. The lowest BCUT2D eigenvalue weighted by Crippen LogP contribution is -2.66. The van der Waals surface area contributed by atoms with E-state index in [0.29, 0.717) is 33.7 Å². The summed E-state index contributed by atoms with van der Waals surface area (Å²) in [5.74, 6) is 0.326. The largest absolute Gasteiger partial charge is 0.472 e. The Bertz CT molecular complexity index is 1150. The van der Waals surface area contributed by atoms with Crippen LogP contribution < -0.4 is 5.32 Å². The fourth-order valence-corrected chi connectivity index (χ4v) is 5.26. The molecule has 3 aliphatic rings. The van der Waals surface area contributed by atoms with Crippen molar-refractivity contribution in [3.63, 3.8) is 0 Å². The molecule has 5 heterocycles. The molecule has 2 bridgehead atoms. The van der Waals surface area contributed by atoms with Gasteiger partial charge >= 0.3 is 5.97 Å².